The number of carboxylic acid groups (broad SMARTS) is 1. The van der Waals surface area contributed by atoms with E-state index in [0.29, 0.717) is 11.0 Å². The van der Waals surface area contributed by atoms with Gasteiger partial charge in [-0.05, 0) is 18.2 Å². The van der Waals surface area contributed by atoms with Crippen LogP contribution >= 0.6 is 0 Å². The third kappa shape index (κ3) is 1.75. The number of hydrogen-bond donors (Lipinski definition) is 2. The predicted molar refractivity (Wildman–Crippen MR) is 65.9 cm³/mol. The number of rotatable bonds is 2. The molecule has 7 nitrogen and oxygen atoms in total. The molecule has 0 aliphatic heterocycles. The van der Waals surface area contributed by atoms with E-state index in [1.165, 1.54) is 23.2 Å². The van der Waals surface area contributed by atoms with Crippen LogP contribution in [-0.2, 0) is 0 Å². The molecule has 0 saturated carbocycles. The van der Waals surface area contributed by atoms with Crippen molar-refractivity contribution in [1.29, 1.82) is 0 Å². The summed E-state index contributed by atoms with van der Waals surface area (Å²) < 4.78 is 1.13. The second-order valence-corrected chi connectivity index (χ2v) is 3.96. The van der Waals surface area contributed by atoms with Crippen molar-refractivity contribution in [2.75, 3.05) is 19.1 Å². The van der Waals surface area contributed by atoms with Crippen molar-refractivity contribution in [3.05, 3.63) is 44.5 Å². The third-order valence-electron chi connectivity index (χ3n) is 2.51. The Morgan fingerprint density at radius 1 is 1.33 bits per heavy atom. The van der Waals surface area contributed by atoms with Crippen LogP contribution in [0.2, 0.25) is 0 Å². The van der Waals surface area contributed by atoms with Gasteiger partial charge >= 0.3 is 17.1 Å². The van der Waals surface area contributed by atoms with Crippen LogP contribution in [0.4, 0.5) is 0 Å². The minimum absolute atomic E-state index is 0.0459. The summed E-state index contributed by atoms with van der Waals surface area (Å²) in [7, 11) is 3.18. The Morgan fingerprint density at radius 3 is 2.56 bits per heavy atom. The van der Waals surface area contributed by atoms with Crippen molar-refractivity contribution < 1.29 is 9.90 Å². The van der Waals surface area contributed by atoms with Crippen molar-refractivity contribution in [2.45, 2.75) is 0 Å². The summed E-state index contributed by atoms with van der Waals surface area (Å²) in [5, 5.41) is 10.3. The topological polar surface area (TPSA) is 95.4 Å². The standard InChI is InChI=1S/C11H11N3O4/c1-13(2)14-8-5-6(11(17)18)3-4-7(8)12-9(15)10(14)16/h3-5H,1-2H3,(H,12,15)(H,17,18). The van der Waals surface area contributed by atoms with Gasteiger partial charge in [0.05, 0.1) is 16.6 Å². The molecule has 2 rings (SSSR count). The number of fused-ring (bicyclic) bond motifs is 1. The van der Waals surface area contributed by atoms with Crippen LogP contribution in [0.3, 0.4) is 0 Å². The van der Waals surface area contributed by atoms with Gasteiger partial charge in [0.25, 0.3) is 0 Å². The molecular weight excluding hydrogens is 238 g/mol. The van der Waals surface area contributed by atoms with Crippen LogP contribution in [0.1, 0.15) is 10.4 Å². The molecular formula is C11H11N3O4. The lowest BCUT2D eigenvalue weighted by Crippen LogP contribution is -2.44. The molecule has 0 unspecified atom stereocenters. The van der Waals surface area contributed by atoms with Crippen LogP contribution in [-0.4, -0.2) is 34.8 Å². The van der Waals surface area contributed by atoms with Gasteiger partial charge in [-0.1, -0.05) is 0 Å². The first-order valence-corrected chi connectivity index (χ1v) is 5.12. The van der Waals surface area contributed by atoms with Crippen molar-refractivity contribution >= 4 is 17.0 Å². The Bertz CT molecular complexity index is 742. The highest BCUT2D eigenvalue weighted by molar-refractivity contribution is 5.92. The van der Waals surface area contributed by atoms with Gasteiger partial charge in [0.2, 0.25) is 0 Å². The van der Waals surface area contributed by atoms with Gasteiger partial charge in [0.15, 0.2) is 0 Å². The summed E-state index contributed by atoms with van der Waals surface area (Å²) in [6.45, 7) is 0. The van der Waals surface area contributed by atoms with Crippen molar-refractivity contribution in [3.8, 4) is 0 Å². The van der Waals surface area contributed by atoms with Gasteiger partial charge in [0, 0.05) is 14.1 Å². The second kappa shape index (κ2) is 4.02. The minimum atomic E-state index is -1.10. The maximum Gasteiger partial charge on any atom is 0.335 e. The third-order valence-corrected chi connectivity index (χ3v) is 2.51. The lowest BCUT2D eigenvalue weighted by Gasteiger charge is -2.17. The van der Waals surface area contributed by atoms with Gasteiger partial charge in [-0.15, -0.1) is 0 Å². The van der Waals surface area contributed by atoms with Gasteiger partial charge in [-0.3, -0.25) is 9.59 Å². The first-order chi connectivity index (χ1) is 8.41. The average molecular weight is 249 g/mol. The fraction of sp³-hybridized carbons (Fsp3) is 0.182. The number of nitrogens with zero attached hydrogens (tertiary/aromatic N) is 2. The quantitative estimate of drug-likeness (QED) is 0.705. The maximum absolute atomic E-state index is 11.7. The van der Waals surface area contributed by atoms with E-state index in [0.717, 1.165) is 4.68 Å². The fourth-order valence-corrected chi connectivity index (χ4v) is 1.72. The molecule has 94 valence electrons. The number of hydrogen-bond acceptors (Lipinski definition) is 4. The Labute approximate surface area is 101 Å². The number of carbonyl (C=O) groups is 1. The molecule has 18 heavy (non-hydrogen) atoms. The summed E-state index contributed by atoms with van der Waals surface area (Å²) in [4.78, 5) is 36.5. The molecule has 7 heteroatoms. The van der Waals surface area contributed by atoms with Crippen LogP contribution in [0.5, 0.6) is 0 Å². The zero-order valence-corrected chi connectivity index (χ0v) is 9.80. The van der Waals surface area contributed by atoms with E-state index < -0.39 is 17.1 Å². The fourth-order valence-electron chi connectivity index (χ4n) is 1.72. The van der Waals surface area contributed by atoms with Crippen LogP contribution in [0.25, 0.3) is 11.0 Å². The first kappa shape index (κ1) is 11.9. The number of H-pyrrole nitrogens is 1. The SMILES string of the molecule is CN(C)n1c(=O)c(=O)[nH]c2ccc(C(=O)O)cc21. The normalized spacial score (nSPS) is 10.6. The van der Waals surface area contributed by atoms with Gasteiger partial charge in [0.1, 0.15) is 0 Å². The number of aromatic carboxylic acids is 1. The lowest BCUT2D eigenvalue weighted by molar-refractivity contribution is 0.0697. The molecule has 0 amide bonds. The van der Waals surface area contributed by atoms with Crippen LogP contribution in [0, 0.1) is 0 Å². The first-order valence-electron chi connectivity index (χ1n) is 5.12. The van der Waals surface area contributed by atoms with E-state index in [9.17, 15) is 14.4 Å². The van der Waals surface area contributed by atoms with Gasteiger partial charge in [-0.25, -0.2) is 9.47 Å². The molecule has 0 radical (unpaired) electrons. The number of benzene rings is 1. The molecule has 0 aliphatic rings. The Hall–Kier alpha value is -2.57. The maximum atomic E-state index is 11.7. The Balaban J connectivity index is 2.96. The molecule has 0 fully saturated rings. The summed E-state index contributed by atoms with van der Waals surface area (Å²) in [5.41, 5.74) is -0.721. The monoisotopic (exact) mass is 249 g/mol. The van der Waals surface area contributed by atoms with E-state index in [1.807, 2.05) is 0 Å². The lowest BCUT2D eigenvalue weighted by atomic mass is 10.2. The Morgan fingerprint density at radius 2 is 2.00 bits per heavy atom. The summed E-state index contributed by atoms with van der Waals surface area (Å²) in [6, 6.07) is 4.17. The smallest absolute Gasteiger partial charge is 0.335 e. The highest BCUT2D eigenvalue weighted by atomic mass is 16.4. The van der Waals surface area contributed by atoms with E-state index in [2.05, 4.69) is 4.98 Å². The zero-order valence-electron chi connectivity index (χ0n) is 9.80. The average Bonchev–Trinajstić information content (AvgIpc) is 2.29. The molecule has 1 heterocycles. The summed E-state index contributed by atoms with van der Waals surface area (Å²) in [5.74, 6) is -1.10. The molecule has 0 saturated heterocycles. The van der Waals surface area contributed by atoms with Crippen molar-refractivity contribution in [3.63, 3.8) is 0 Å². The predicted octanol–water partition coefficient (Wildman–Crippen LogP) is -0.414. The van der Waals surface area contributed by atoms with Gasteiger partial charge in [-0.2, -0.15) is 0 Å². The number of nitrogens with one attached hydrogen (secondary N) is 1. The molecule has 0 atom stereocenters. The molecule has 1 aromatic heterocycles. The van der Waals surface area contributed by atoms with E-state index >= 15 is 0 Å². The molecule has 2 aromatic rings. The molecule has 0 spiro atoms. The van der Waals surface area contributed by atoms with Crippen LogP contribution in [0.15, 0.2) is 27.8 Å². The highest BCUT2D eigenvalue weighted by Gasteiger charge is 2.11. The largest absolute Gasteiger partial charge is 0.478 e. The number of aromatic nitrogens is 2. The highest BCUT2D eigenvalue weighted by Crippen LogP contribution is 2.11. The zero-order chi connectivity index (χ0) is 13.4. The van der Waals surface area contributed by atoms with E-state index in [1.54, 1.807) is 14.1 Å². The van der Waals surface area contributed by atoms with E-state index in [4.69, 9.17) is 5.11 Å². The molecule has 2 N–H and O–H groups in total. The number of aromatic amines is 1. The number of carboxylic acids is 1. The van der Waals surface area contributed by atoms with Gasteiger partial charge < -0.3 is 15.1 Å². The van der Waals surface area contributed by atoms with Crippen molar-refractivity contribution in [2.24, 2.45) is 0 Å². The summed E-state index contributed by atoms with van der Waals surface area (Å²) >= 11 is 0. The van der Waals surface area contributed by atoms with Crippen molar-refractivity contribution in [1.82, 2.24) is 9.66 Å². The van der Waals surface area contributed by atoms with E-state index in [-0.39, 0.29) is 5.56 Å². The molecule has 0 bridgehead atoms. The second-order valence-electron chi connectivity index (χ2n) is 3.96. The Kier molecular flexibility index (Phi) is 2.66. The molecule has 0 aliphatic carbocycles. The molecule has 1 aromatic carbocycles. The minimum Gasteiger partial charge on any atom is -0.478 e. The van der Waals surface area contributed by atoms with Crippen LogP contribution < -0.4 is 16.1 Å². The summed E-state index contributed by atoms with van der Waals surface area (Å²) in [6.07, 6.45) is 0.